The summed E-state index contributed by atoms with van der Waals surface area (Å²) in [5, 5.41) is 4.87. The summed E-state index contributed by atoms with van der Waals surface area (Å²) < 4.78 is 1.43. The molecule has 0 bridgehead atoms. The molecule has 0 radical (unpaired) electrons. The van der Waals surface area contributed by atoms with Crippen molar-refractivity contribution in [2.24, 2.45) is 0 Å². The maximum Gasteiger partial charge on any atom is 0.360 e. The van der Waals surface area contributed by atoms with Crippen molar-refractivity contribution in [3.8, 4) is 5.69 Å². The number of aromatic amines is 1. The van der Waals surface area contributed by atoms with E-state index in [1.165, 1.54) is 19.2 Å². The molecule has 1 aromatic heterocycles. The lowest BCUT2D eigenvalue weighted by Gasteiger charge is -1.99. The third-order valence-electron chi connectivity index (χ3n) is 2.29. The Morgan fingerprint density at radius 3 is 2.44 bits per heavy atom. The number of carbonyl (C=O) groups excluding carboxylic acids is 1. The number of aromatic nitrogens is 3. The van der Waals surface area contributed by atoms with E-state index in [1.54, 1.807) is 12.1 Å². The first kappa shape index (κ1) is 12.2. The normalized spacial score (nSPS) is 10.3. The average molecular weight is 269 g/mol. The van der Waals surface area contributed by atoms with E-state index >= 15 is 0 Å². The predicted octanol–water partition coefficient (Wildman–Crippen LogP) is 0.168. The fraction of sp³-hybridized carbons (Fsp3) is 0.100. The Hall–Kier alpha value is -2.28. The summed E-state index contributed by atoms with van der Waals surface area (Å²) in [7, 11) is 1.35. The van der Waals surface area contributed by atoms with Gasteiger partial charge in [0.2, 0.25) is 0 Å². The van der Waals surface area contributed by atoms with Crippen molar-refractivity contribution >= 4 is 17.6 Å². The molecule has 2 rings (SSSR count). The minimum atomic E-state index is -0.776. The van der Waals surface area contributed by atoms with E-state index in [-0.39, 0.29) is 0 Å². The van der Waals surface area contributed by atoms with Crippen LogP contribution in [0.4, 0.5) is 4.79 Å². The molecule has 0 aliphatic carbocycles. The number of nitrogens with zero attached hydrogens (tertiary/aromatic N) is 2. The molecule has 94 valence electrons. The molecule has 0 saturated carbocycles. The van der Waals surface area contributed by atoms with Crippen LogP contribution in [0.25, 0.3) is 5.69 Å². The topological polar surface area (TPSA) is 88.9 Å². The Morgan fingerprint density at radius 2 is 1.89 bits per heavy atom. The highest BCUT2D eigenvalue weighted by atomic mass is 35.5. The standard InChI is InChI=1S/C10H9ClN4O3/c1-12-8(16)15-10(18)14(9(17)13-15)7-4-2-6(11)3-5-7/h2-5H,1H3,(H,12,16)(H,13,17). The number of carbonyl (C=O) groups is 1. The van der Waals surface area contributed by atoms with Crippen LogP contribution in [-0.4, -0.2) is 27.4 Å². The molecule has 0 aliphatic heterocycles. The van der Waals surface area contributed by atoms with Gasteiger partial charge in [0.25, 0.3) is 0 Å². The first-order chi connectivity index (χ1) is 8.54. The molecule has 0 fully saturated rings. The van der Waals surface area contributed by atoms with Gasteiger partial charge < -0.3 is 5.32 Å². The minimum absolute atomic E-state index is 0.327. The van der Waals surface area contributed by atoms with E-state index < -0.39 is 17.4 Å². The molecule has 2 N–H and O–H groups in total. The van der Waals surface area contributed by atoms with Crippen LogP contribution < -0.4 is 16.7 Å². The quantitative estimate of drug-likeness (QED) is 0.773. The molecule has 0 atom stereocenters. The van der Waals surface area contributed by atoms with Crippen LogP contribution in [-0.2, 0) is 0 Å². The predicted molar refractivity (Wildman–Crippen MR) is 65.5 cm³/mol. The van der Waals surface area contributed by atoms with E-state index in [2.05, 4.69) is 10.4 Å². The second kappa shape index (κ2) is 4.53. The van der Waals surface area contributed by atoms with E-state index in [4.69, 9.17) is 11.6 Å². The molecule has 1 aromatic carbocycles. The summed E-state index contributed by atoms with van der Waals surface area (Å²) in [4.78, 5) is 34.8. The van der Waals surface area contributed by atoms with Crippen molar-refractivity contribution < 1.29 is 4.79 Å². The second-order valence-corrected chi connectivity index (χ2v) is 3.84. The molecule has 1 amide bonds. The molecule has 8 heteroatoms. The fourth-order valence-corrected chi connectivity index (χ4v) is 1.57. The van der Waals surface area contributed by atoms with Crippen molar-refractivity contribution in [2.75, 3.05) is 7.05 Å². The highest BCUT2D eigenvalue weighted by molar-refractivity contribution is 6.30. The third kappa shape index (κ3) is 1.95. The molecule has 0 saturated heterocycles. The fourth-order valence-electron chi connectivity index (χ4n) is 1.45. The monoisotopic (exact) mass is 268 g/mol. The van der Waals surface area contributed by atoms with Gasteiger partial charge in [0, 0.05) is 12.1 Å². The van der Waals surface area contributed by atoms with E-state index in [1.807, 2.05) is 0 Å². The van der Waals surface area contributed by atoms with Gasteiger partial charge in [-0.3, -0.25) is 0 Å². The van der Waals surface area contributed by atoms with Crippen LogP contribution in [0.5, 0.6) is 0 Å². The Bertz CT molecular complexity index is 695. The van der Waals surface area contributed by atoms with Gasteiger partial charge in [-0.2, -0.15) is 0 Å². The largest absolute Gasteiger partial charge is 0.360 e. The zero-order chi connectivity index (χ0) is 13.3. The first-order valence-corrected chi connectivity index (χ1v) is 5.34. The number of hydrogen-bond acceptors (Lipinski definition) is 3. The third-order valence-corrected chi connectivity index (χ3v) is 2.55. The molecular formula is C10H9ClN4O3. The Labute approximate surface area is 106 Å². The first-order valence-electron chi connectivity index (χ1n) is 4.96. The van der Waals surface area contributed by atoms with Gasteiger partial charge >= 0.3 is 17.4 Å². The SMILES string of the molecule is CNC(=O)n1[nH]c(=O)n(-c2ccc(Cl)cc2)c1=O. The van der Waals surface area contributed by atoms with Crippen molar-refractivity contribution in [3.05, 3.63) is 50.3 Å². The zero-order valence-corrected chi connectivity index (χ0v) is 10.1. The van der Waals surface area contributed by atoms with E-state index in [9.17, 15) is 14.4 Å². The molecule has 0 unspecified atom stereocenters. The second-order valence-electron chi connectivity index (χ2n) is 3.40. The molecular weight excluding hydrogens is 260 g/mol. The van der Waals surface area contributed by atoms with Gasteiger partial charge in [-0.25, -0.2) is 24.0 Å². The lowest BCUT2D eigenvalue weighted by Crippen LogP contribution is -2.35. The molecule has 1 heterocycles. The zero-order valence-electron chi connectivity index (χ0n) is 9.31. The van der Waals surface area contributed by atoms with Crippen molar-refractivity contribution in [2.45, 2.75) is 0 Å². The Kier molecular flexibility index (Phi) is 3.07. The highest BCUT2D eigenvalue weighted by Gasteiger charge is 2.14. The number of nitrogens with one attached hydrogen (secondary N) is 2. The highest BCUT2D eigenvalue weighted by Crippen LogP contribution is 2.10. The number of amides is 1. The summed E-state index contributed by atoms with van der Waals surface area (Å²) >= 11 is 5.71. The van der Waals surface area contributed by atoms with Crippen molar-refractivity contribution in [3.63, 3.8) is 0 Å². The van der Waals surface area contributed by atoms with E-state index in [0.29, 0.717) is 15.4 Å². The number of hydrogen-bond donors (Lipinski definition) is 2. The summed E-state index contributed by atoms with van der Waals surface area (Å²) in [5.74, 6) is 0. The maximum atomic E-state index is 11.9. The van der Waals surface area contributed by atoms with Crippen LogP contribution >= 0.6 is 11.6 Å². The van der Waals surface area contributed by atoms with Crippen LogP contribution in [0.2, 0.25) is 5.02 Å². The summed E-state index contributed by atoms with van der Waals surface area (Å²) in [6, 6.07) is 5.38. The Balaban J connectivity index is 2.63. The van der Waals surface area contributed by atoms with Gasteiger partial charge in [-0.15, -0.1) is 4.68 Å². The number of benzene rings is 1. The summed E-state index contributed by atoms with van der Waals surface area (Å²) in [6.45, 7) is 0. The number of H-pyrrole nitrogens is 1. The lowest BCUT2D eigenvalue weighted by atomic mass is 10.3. The van der Waals surface area contributed by atoms with Gasteiger partial charge in [0.15, 0.2) is 0 Å². The van der Waals surface area contributed by atoms with Crippen LogP contribution in [0.3, 0.4) is 0 Å². The van der Waals surface area contributed by atoms with Gasteiger partial charge in [0.05, 0.1) is 5.69 Å². The van der Waals surface area contributed by atoms with Crippen molar-refractivity contribution in [1.82, 2.24) is 19.7 Å². The smallest absolute Gasteiger partial charge is 0.339 e. The minimum Gasteiger partial charge on any atom is -0.339 e. The van der Waals surface area contributed by atoms with E-state index in [0.717, 1.165) is 4.57 Å². The summed E-state index contributed by atoms with van der Waals surface area (Å²) in [6.07, 6.45) is 0. The molecule has 0 spiro atoms. The van der Waals surface area contributed by atoms with Crippen LogP contribution in [0.15, 0.2) is 33.9 Å². The maximum absolute atomic E-state index is 11.9. The van der Waals surface area contributed by atoms with Crippen LogP contribution in [0.1, 0.15) is 0 Å². The van der Waals surface area contributed by atoms with Gasteiger partial charge in [-0.05, 0) is 24.3 Å². The van der Waals surface area contributed by atoms with Gasteiger partial charge in [0.1, 0.15) is 0 Å². The number of halogens is 1. The average Bonchev–Trinajstić information content (AvgIpc) is 2.65. The molecule has 7 nitrogen and oxygen atoms in total. The lowest BCUT2D eigenvalue weighted by molar-refractivity contribution is 0.240. The van der Waals surface area contributed by atoms with Crippen molar-refractivity contribution in [1.29, 1.82) is 0 Å². The summed E-state index contributed by atoms with van der Waals surface area (Å²) in [5.41, 5.74) is -1.15. The molecule has 2 aromatic rings. The van der Waals surface area contributed by atoms with Crippen LogP contribution in [0, 0.1) is 0 Å². The molecule has 18 heavy (non-hydrogen) atoms. The number of rotatable bonds is 1. The molecule has 0 aliphatic rings. The van der Waals surface area contributed by atoms with Gasteiger partial charge in [-0.1, -0.05) is 11.6 Å². The Morgan fingerprint density at radius 1 is 1.28 bits per heavy atom.